The van der Waals surface area contributed by atoms with Crippen molar-refractivity contribution < 1.29 is 13.9 Å². The fourth-order valence-electron chi connectivity index (χ4n) is 5.60. The summed E-state index contributed by atoms with van der Waals surface area (Å²) in [6.45, 7) is 9.33. The second-order valence-electron chi connectivity index (χ2n) is 10.5. The Labute approximate surface area is 222 Å². The van der Waals surface area contributed by atoms with Gasteiger partial charge >= 0.3 is 0 Å². The number of tetrazole rings is 1. The van der Waals surface area contributed by atoms with Crippen molar-refractivity contribution in [1.82, 2.24) is 35.1 Å². The highest BCUT2D eigenvalue weighted by Crippen LogP contribution is 2.38. The van der Waals surface area contributed by atoms with Gasteiger partial charge in [0.15, 0.2) is 11.6 Å². The van der Waals surface area contributed by atoms with Gasteiger partial charge in [0.1, 0.15) is 24.4 Å². The first kappa shape index (κ1) is 26.2. The molecule has 4 heterocycles. The lowest BCUT2D eigenvalue weighted by Gasteiger charge is -2.47. The third kappa shape index (κ3) is 6.02. The van der Waals surface area contributed by atoms with E-state index in [2.05, 4.69) is 61.8 Å². The van der Waals surface area contributed by atoms with E-state index in [-0.39, 0.29) is 23.3 Å². The summed E-state index contributed by atoms with van der Waals surface area (Å²) in [7, 11) is 0. The molecule has 204 valence electrons. The zero-order valence-corrected chi connectivity index (χ0v) is 22.2. The van der Waals surface area contributed by atoms with Crippen LogP contribution in [0, 0.1) is 5.82 Å². The van der Waals surface area contributed by atoms with Crippen molar-refractivity contribution in [3.05, 3.63) is 36.5 Å². The van der Waals surface area contributed by atoms with Gasteiger partial charge in [-0.25, -0.2) is 9.37 Å². The highest BCUT2D eigenvalue weighted by Gasteiger charge is 2.43. The third-order valence-electron chi connectivity index (χ3n) is 7.19. The molecule has 2 fully saturated rings. The maximum absolute atomic E-state index is 14.7. The zero-order valence-electron chi connectivity index (χ0n) is 22.2. The predicted octanol–water partition coefficient (Wildman–Crippen LogP) is 3.96. The van der Waals surface area contributed by atoms with Crippen LogP contribution in [0.25, 0.3) is 5.69 Å². The second-order valence-corrected chi connectivity index (χ2v) is 10.5. The summed E-state index contributed by atoms with van der Waals surface area (Å²) in [5.74, 6) is 0.634. The van der Waals surface area contributed by atoms with Gasteiger partial charge < -0.3 is 20.1 Å². The van der Waals surface area contributed by atoms with Crippen molar-refractivity contribution in [1.29, 1.82) is 0 Å². The van der Waals surface area contributed by atoms with E-state index in [0.29, 0.717) is 43.0 Å². The molecule has 2 N–H and O–H groups in total. The normalized spacial score (nSPS) is 20.7. The van der Waals surface area contributed by atoms with Crippen LogP contribution in [0.2, 0.25) is 0 Å². The molecule has 0 saturated carbocycles. The first-order chi connectivity index (χ1) is 18.4. The number of hydrogen-bond acceptors (Lipinski definition) is 10. The zero-order chi connectivity index (χ0) is 26.5. The van der Waals surface area contributed by atoms with Crippen molar-refractivity contribution in [2.24, 2.45) is 0 Å². The highest BCUT2D eigenvalue weighted by atomic mass is 19.1. The van der Waals surface area contributed by atoms with E-state index in [1.165, 1.54) is 30.0 Å². The Balaban J connectivity index is 1.30. The summed E-state index contributed by atoms with van der Waals surface area (Å²) in [4.78, 5) is 11.2. The average molecular weight is 526 g/mol. The number of halogens is 1. The minimum absolute atomic E-state index is 0.0697. The maximum Gasteiger partial charge on any atom is 0.229 e. The fraction of sp³-hybridized carbons (Fsp3) is 0.577. The molecule has 0 unspecified atom stereocenters. The van der Waals surface area contributed by atoms with E-state index in [9.17, 15) is 4.39 Å². The molecule has 1 aromatic carbocycles. The van der Waals surface area contributed by atoms with Crippen LogP contribution in [0.4, 0.5) is 21.8 Å². The summed E-state index contributed by atoms with van der Waals surface area (Å²) in [6, 6.07) is 6.16. The van der Waals surface area contributed by atoms with E-state index >= 15 is 0 Å². The Kier molecular flexibility index (Phi) is 7.98. The number of piperidine rings is 1. The summed E-state index contributed by atoms with van der Waals surface area (Å²) in [5.41, 5.74) is 1.39. The second kappa shape index (κ2) is 11.6. The van der Waals surface area contributed by atoms with Gasteiger partial charge in [-0.2, -0.15) is 9.67 Å². The molecule has 38 heavy (non-hydrogen) atoms. The van der Waals surface area contributed by atoms with Gasteiger partial charge in [0, 0.05) is 29.9 Å². The standard InChI is InChI=1S/C26H36FN9O2/c1-4-10-37-11-12-38-23-8-7-18(14-22(23)36-17-29-33-34-36)31-25-28-16-21(27)24(32-25)30-19-13-20-6-5-9-35(20)26(2,3)15-19/h7-8,14,16-17,19-20H,4-6,9-13,15H2,1-3H3,(H2,28,30,31,32)/t19-,20+/m1/s1. The Bertz CT molecular complexity index is 1210. The molecule has 5 rings (SSSR count). The lowest BCUT2D eigenvalue weighted by atomic mass is 9.84. The van der Waals surface area contributed by atoms with E-state index in [1.54, 1.807) is 0 Å². The molecule has 3 aromatic rings. The molecule has 12 heteroatoms. The molecule has 2 atom stereocenters. The molecular weight excluding hydrogens is 489 g/mol. The maximum atomic E-state index is 14.7. The average Bonchev–Trinajstić information content (AvgIpc) is 3.59. The Morgan fingerprint density at radius 2 is 2.11 bits per heavy atom. The summed E-state index contributed by atoms with van der Waals surface area (Å²) in [5, 5.41) is 18.0. The van der Waals surface area contributed by atoms with Crippen LogP contribution >= 0.6 is 0 Å². The Morgan fingerprint density at radius 3 is 2.92 bits per heavy atom. The summed E-state index contributed by atoms with van der Waals surface area (Å²) in [6.07, 6.45) is 7.97. The van der Waals surface area contributed by atoms with Crippen LogP contribution in [0.15, 0.2) is 30.7 Å². The summed E-state index contributed by atoms with van der Waals surface area (Å²) < 4.78 is 27.7. The molecule has 2 saturated heterocycles. The monoisotopic (exact) mass is 525 g/mol. The molecule has 0 radical (unpaired) electrons. The molecule has 0 bridgehead atoms. The molecule has 0 aliphatic carbocycles. The number of fused-ring (bicyclic) bond motifs is 1. The molecule has 2 aliphatic rings. The van der Waals surface area contributed by atoms with Crippen LogP contribution in [-0.2, 0) is 4.74 Å². The minimum atomic E-state index is -0.467. The molecule has 0 spiro atoms. The van der Waals surface area contributed by atoms with Crippen LogP contribution in [0.1, 0.15) is 52.9 Å². The van der Waals surface area contributed by atoms with Gasteiger partial charge in [-0.3, -0.25) is 4.90 Å². The van der Waals surface area contributed by atoms with Crippen LogP contribution in [0.5, 0.6) is 5.75 Å². The number of ether oxygens (including phenoxy) is 2. The SMILES string of the molecule is CCCOCCOc1ccc(Nc2ncc(F)c(N[C@@H]3C[C@@H]4CCCN4C(C)(C)C3)n2)cc1-n1cnnn1. The van der Waals surface area contributed by atoms with E-state index in [0.717, 1.165) is 25.8 Å². The van der Waals surface area contributed by atoms with Crippen molar-refractivity contribution in [3.8, 4) is 11.4 Å². The third-order valence-corrected chi connectivity index (χ3v) is 7.19. The number of benzene rings is 1. The number of rotatable bonds is 11. The molecule has 2 aromatic heterocycles. The van der Waals surface area contributed by atoms with Crippen LogP contribution in [-0.4, -0.2) is 79.1 Å². The van der Waals surface area contributed by atoms with E-state index in [4.69, 9.17) is 9.47 Å². The molecule has 0 amide bonds. The quantitative estimate of drug-likeness (QED) is 0.357. The van der Waals surface area contributed by atoms with Gasteiger partial charge in [-0.05, 0) is 81.1 Å². The lowest BCUT2D eigenvalue weighted by Crippen LogP contribution is -2.55. The minimum Gasteiger partial charge on any atom is -0.489 e. The topological polar surface area (TPSA) is 115 Å². The summed E-state index contributed by atoms with van der Waals surface area (Å²) >= 11 is 0. The van der Waals surface area contributed by atoms with E-state index < -0.39 is 5.82 Å². The van der Waals surface area contributed by atoms with Gasteiger partial charge in [0.2, 0.25) is 5.95 Å². The van der Waals surface area contributed by atoms with E-state index in [1.807, 2.05) is 18.2 Å². The van der Waals surface area contributed by atoms with Gasteiger partial charge in [-0.15, -0.1) is 5.10 Å². The number of aromatic nitrogens is 6. The highest BCUT2D eigenvalue weighted by molar-refractivity contribution is 5.62. The van der Waals surface area contributed by atoms with Crippen molar-refractivity contribution in [2.75, 3.05) is 37.0 Å². The number of hydrogen-bond donors (Lipinski definition) is 2. The van der Waals surface area contributed by atoms with Crippen molar-refractivity contribution in [2.45, 2.75) is 70.5 Å². The molecule has 2 aliphatic heterocycles. The number of anilines is 3. The van der Waals surface area contributed by atoms with Gasteiger partial charge in [0.25, 0.3) is 0 Å². The van der Waals surface area contributed by atoms with Crippen molar-refractivity contribution in [3.63, 3.8) is 0 Å². The first-order valence-electron chi connectivity index (χ1n) is 13.3. The fourth-order valence-corrected chi connectivity index (χ4v) is 5.60. The smallest absolute Gasteiger partial charge is 0.229 e. The van der Waals surface area contributed by atoms with Crippen LogP contribution in [0.3, 0.4) is 0 Å². The van der Waals surface area contributed by atoms with Crippen molar-refractivity contribution >= 4 is 17.5 Å². The first-order valence-corrected chi connectivity index (χ1v) is 13.3. The van der Waals surface area contributed by atoms with Crippen LogP contribution < -0.4 is 15.4 Å². The number of nitrogens with zero attached hydrogens (tertiary/aromatic N) is 7. The van der Waals surface area contributed by atoms with Gasteiger partial charge in [0.05, 0.1) is 12.8 Å². The Hall–Kier alpha value is -3.38. The lowest BCUT2D eigenvalue weighted by molar-refractivity contribution is 0.0500. The van der Waals surface area contributed by atoms with Gasteiger partial charge in [-0.1, -0.05) is 6.92 Å². The molecule has 11 nitrogen and oxygen atoms in total. The Morgan fingerprint density at radius 1 is 1.21 bits per heavy atom. The molecular formula is C26H36FN9O2. The number of nitrogens with one attached hydrogen (secondary N) is 2. The predicted molar refractivity (Wildman–Crippen MR) is 141 cm³/mol. The largest absolute Gasteiger partial charge is 0.489 e.